The third kappa shape index (κ3) is 127. The molecule has 0 spiro atoms. The van der Waals surface area contributed by atoms with E-state index in [2.05, 4.69) is 0 Å². The van der Waals surface area contributed by atoms with Crippen molar-refractivity contribution in [2.24, 2.45) is 0 Å². The number of hydrogen-bond donors (Lipinski definition) is 0. The van der Waals surface area contributed by atoms with Gasteiger partial charge in [0.1, 0.15) is 0 Å². The Hall–Kier alpha value is 2.90. The van der Waals surface area contributed by atoms with E-state index in [1.54, 1.807) is 0 Å². The van der Waals surface area contributed by atoms with Crippen LogP contribution in [0.2, 0.25) is 0 Å². The SMILES string of the molecule is O.O.O.O.O.[Ag].[LiH].[LiH].[V].[V]. The van der Waals surface area contributed by atoms with Crippen LogP contribution in [0.1, 0.15) is 0 Å². The van der Waals surface area contributed by atoms with E-state index in [0.29, 0.717) is 0 Å². The van der Waals surface area contributed by atoms with Crippen LogP contribution in [-0.4, -0.2) is 65.1 Å². The van der Waals surface area contributed by atoms with Gasteiger partial charge in [-0.2, -0.15) is 0 Å². The first-order valence-corrected chi connectivity index (χ1v) is 0. The second-order valence-corrected chi connectivity index (χ2v) is 0. The summed E-state index contributed by atoms with van der Waals surface area (Å²) in [4.78, 5) is 0. The van der Waals surface area contributed by atoms with E-state index in [1.807, 2.05) is 0 Å². The molecule has 65 valence electrons. The van der Waals surface area contributed by atoms with Crippen molar-refractivity contribution in [2.45, 2.75) is 0 Å². The van der Waals surface area contributed by atoms with Crippen molar-refractivity contribution >= 4 is 37.7 Å². The van der Waals surface area contributed by atoms with Crippen LogP contribution in [0.3, 0.4) is 0 Å². The van der Waals surface area contributed by atoms with Gasteiger partial charge in [-0.25, -0.2) is 0 Å². The molecule has 0 aliphatic rings. The molecular weight excluding hydrogens is 304 g/mol. The predicted octanol–water partition coefficient (Wildman–Crippen LogP) is -5.43. The van der Waals surface area contributed by atoms with Crippen molar-refractivity contribution in [1.82, 2.24) is 0 Å². The van der Waals surface area contributed by atoms with Gasteiger partial charge >= 0.3 is 37.7 Å². The Morgan fingerprint density at radius 2 is 0.400 bits per heavy atom. The molecule has 0 unspecified atom stereocenters. The second kappa shape index (κ2) is 168. The summed E-state index contributed by atoms with van der Waals surface area (Å²) in [6.07, 6.45) is 0. The summed E-state index contributed by atoms with van der Waals surface area (Å²) in [5, 5.41) is 0. The van der Waals surface area contributed by atoms with E-state index < -0.39 is 0 Å². The molecule has 5 nitrogen and oxygen atoms in total. The van der Waals surface area contributed by atoms with Crippen LogP contribution < -0.4 is 0 Å². The molecule has 0 atom stereocenters. The minimum Gasteiger partial charge on any atom is 0 e. The fraction of sp³-hybridized carbons (Fsp3) is 0. The molecule has 0 heterocycles. The maximum absolute atomic E-state index is 0. The van der Waals surface area contributed by atoms with Gasteiger partial charge < -0.3 is 27.4 Å². The Kier molecular flexibility index (Phi) is 3640. The average molecular weight is 316 g/mol. The summed E-state index contributed by atoms with van der Waals surface area (Å²) in [6.45, 7) is 0. The molecule has 0 rings (SSSR count). The van der Waals surface area contributed by atoms with Gasteiger partial charge in [-0.3, -0.25) is 0 Å². The third-order valence-corrected chi connectivity index (χ3v) is 0. The molecule has 10 N–H and O–H groups in total. The Labute approximate surface area is 123 Å². The van der Waals surface area contributed by atoms with Crippen molar-refractivity contribution in [2.75, 3.05) is 0 Å². The van der Waals surface area contributed by atoms with Gasteiger partial charge in [-0.05, 0) is 0 Å². The fourth-order valence-electron chi connectivity index (χ4n) is 0. The van der Waals surface area contributed by atoms with Crippen LogP contribution in [0.25, 0.3) is 0 Å². The maximum atomic E-state index is 0. The average Bonchev–Trinajstić information content (AvgIpc) is 0. The zero-order valence-electron chi connectivity index (χ0n) is 3.70. The minimum absolute atomic E-state index is 0. The number of hydrogen-bond acceptors (Lipinski definition) is 0. The molecule has 0 saturated carbocycles. The molecule has 0 bridgehead atoms. The molecular formula is H12AgLi2O5V2. The molecule has 0 amide bonds. The van der Waals surface area contributed by atoms with Gasteiger partial charge in [0.05, 0.1) is 0 Å². The first kappa shape index (κ1) is 217. The topological polar surface area (TPSA) is 158 Å². The van der Waals surface area contributed by atoms with Gasteiger partial charge in [0, 0.05) is 59.5 Å². The van der Waals surface area contributed by atoms with Gasteiger partial charge in [-0.1, -0.05) is 0 Å². The summed E-state index contributed by atoms with van der Waals surface area (Å²) in [7, 11) is 0. The van der Waals surface area contributed by atoms with Crippen molar-refractivity contribution in [3.8, 4) is 0 Å². The smallest absolute Gasteiger partial charge is 0 e. The Morgan fingerprint density at radius 3 is 0.400 bits per heavy atom. The van der Waals surface area contributed by atoms with Crippen molar-refractivity contribution in [3.05, 3.63) is 0 Å². The Morgan fingerprint density at radius 1 is 0.400 bits per heavy atom. The van der Waals surface area contributed by atoms with Crippen molar-refractivity contribution < 1.29 is 86.9 Å². The van der Waals surface area contributed by atoms with E-state index >= 15 is 0 Å². The van der Waals surface area contributed by atoms with Crippen LogP contribution in [0.4, 0.5) is 0 Å². The van der Waals surface area contributed by atoms with Crippen LogP contribution in [-0.2, 0) is 59.5 Å². The van der Waals surface area contributed by atoms with Crippen molar-refractivity contribution in [1.29, 1.82) is 0 Å². The van der Waals surface area contributed by atoms with E-state index in [1.165, 1.54) is 0 Å². The normalized spacial score (nSPS) is 0. The molecule has 0 fully saturated rings. The second-order valence-electron chi connectivity index (χ2n) is 0. The first-order chi connectivity index (χ1) is 0. The molecule has 0 aliphatic carbocycles. The van der Waals surface area contributed by atoms with Crippen LogP contribution >= 0.6 is 0 Å². The monoisotopic (exact) mass is 315 g/mol. The Bertz CT molecular complexity index is 17.6. The standard InChI is InChI=1S/Ag.2Li.5H2O.2V.2H/h;;;5*1H2;;;;. The summed E-state index contributed by atoms with van der Waals surface area (Å²) in [5.41, 5.74) is 0. The third-order valence-electron chi connectivity index (χ3n) is 0. The minimum atomic E-state index is 0. The number of rotatable bonds is 0. The van der Waals surface area contributed by atoms with Crippen LogP contribution in [0.5, 0.6) is 0 Å². The van der Waals surface area contributed by atoms with Crippen LogP contribution in [0, 0.1) is 0 Å². The van der Waals surface area contributed by atoms with Gasteiger partial charge in [0.15, 0.2) is 0 Å². The summed E-state index contributed by atoms with van der Waals surface area (Å²) < 4.78 is 0. The molecule has 0 saturated heterocycles. The quantitative estimate of drug-likeness (QED) is 0.391. The predicted molar refractivity (Wildman–Crippen MR) is 32.4 cm³/mol. The van der Waals surface area contributed by atoms with Gasteiger partial charge in [0.2, 0.25) is 0 Å². The van der Waals surface area contributed by atoms with Gasteiger partial charge in [0.25, 0.3) is 0 Å². The first-order valence-electron chi connectivity index (χ1n) is 0. The molecule has 0 aromatic heterocycles. The largest absolute Gasteiger partial charge is 0 e. The summed E-state index contributed by atoms with van der Waals surface area (Å²) in [6, 6.07) is 0. The van der Waals surface area contributed by atoms with Gasteiger partial charge in [-0.15, -0.1) is 0 Å². The fourth-order valence-corrected chi connectivity index (χ4v) is 0. The molecule has 3 radical (unpaired) electrons. The zero-order valence-corrected chi connectivity index (χ0v) is 7.97. The molecule has 0 aromatic rings. The van der Waals surface area contributed by atoms with E-state index in [9.17, 15) is 0 Å². The molecule has 0 aliphatic heterocycles. The zero-order chi connectivity index (χ0) is 0. The molecule has 10 heavy (non-hydrogen) atoms. The summed E-state index contributed by atoms with van der Waals surface area (Å²) >= 11 is 0. The maximum Gasteiger partial charge on any atom is 0 e. The van der Waals surface area contributed by atoms with E-state index in [0.717, 1.165) is 0 Å². The summed E-state index contributed by atoms with van der Waals surface area (Å²) in [5.74, 6) is 0. The van der Waals surface area contributed by atoms with E-state index in [4.69, 9.17) is 0 Å². The van der Waals surface area contributed by atoms with Crippen LogP contribution in [0.15, 0.2) is 0 Å². The van der Waals surface area contributed by atoms with E-state index in [-0.39, 0.29) is 125 Å². The molecule has 0 aromatic carbocycles. The Balaban J connectivity index is 0. The van der Waals surface area contributed by atoms with Crippen molar-refractivity contribution in [3.63, 3.8) is 0 Å². The molecule has 10 heteroatoms.